The highest BCUT2D eigenvalue weighted by molar-refractivity contribution is 6.07. The van der Waals surface area contributed by atoms with Gasteiger partial charge >= 0.3 is 0 Å². The minimum Gasteiger partial charge on any atom is -0.385 e. The number of pyridine rings is 1. The first-order chi connectivity index (χ1) is 10.2. The van der Waals surface area contributed by atoms with Crippen LogP contribution in [0.2, 0.25) is 0 Å². The number of ether oxygens (including phenoxy) is 1. The second kappa shape index (κ2) is 7.17. The molecule has 0 saturated heterocycles. The first-order valence-corrected chi connectivity index (χ1v) is 7.14. The summed E-state index contributed by atoms with van der Waals surface area (Å²) in [6.45, 7) is 1.47. The molecule has 1 aliphatic rings. The van der Waals surface area contributed by atoms with E-state index in [-0.39, 0.29) is 11.8 Å². The Morgan fingerprint density at radius 2 is 2.05 bits per heavy atom. The van der Waals surface area contributed by atoms with Crippen LogP contribution in [0, 0.1) is 5.41 Å². The van der Waals surface area contributed by atoms with Gasteiger partial charge in [0.15, 0.2) is 0 Å². The zero-order valence-electron chi connectivity index (χ0n) is 12.2. The van der Waals surface area contributed by atoms with Crippen molar-refractivity contribution in [1.29, 1.82) is 0 Å². The lowest BCUT2D eigenvalue weighted by Crippen LogP contribution is -2.43. The largest absolute Gasteiger partial charge is 0.385 e. The maximum absolute atomic E-state index is 12.2. The third kappa shape index (κ3) is 4.01. The zero-order valence-corrected chi connectivity index (χ0v) is 12.2. The molecule has 1 aliphatic carbocycles. The van der Waals surface area contributed by atoms with Gasteiger partial charge in [-0.1, -0.05) is 6.07 Å². The number of nitrogens with one attached hydrogen (secondary N) is 2. The minimum absolute atomic E-state index is 0.183. The van der Waals surface area contributed by atoms with Gasteiger partial charge in [0.2, 0.25) is 11.8 Å². The Kier molecular flexibility index (Phi) is 5.27. The predicted molar refractivity (Wildman–Crippen MR) is 77.3 cm³/mol. The van der Waals surface area contributed by atoms with Crippen LogP contribution in [-0.2, 0) is 20.9 Å². The summed E-state index contributed by atoms with van der Waals surface area (Å²) in [5.74, 6) is -0.394. The maximum Gasteiger partial charge on any atom is 0.236 e. The molecule has 6 heteroatoms. The lowest BCUT2D eigenvalue weighted by Gasteiger charge is -2.15. The molecular weight excluding hydrogens is 270 g/mol. The Labute approximate surface area is 124 Å². The molecule has 0 unspecified atom stereocenters. The molecule has 6 nitrogen and oxygen atoms in total. The van der Waals surface area contributed by atoms with Crippen molar-refractivity contribution in [3.05, 3.63) is 30.1 Å². The molecule has 114 valence electrons. The Hall–Kier alpha value is -1.95. The van der Waals surface area contributed by atoms with Crippen molar-refractivity contribution in [2.75, 3.05) is 20.3 Å². The molecule has 0 aromatic carbocycles. The molecule has 1 saturated carbocycles. The van der Waals surface area contributed by atoms with Crippen molar-refractivity contribution in [3.8, 4) is 0 Å². The van der Waals surface area contributed by atoms with E-state index in [1.165, 1.54) is 0 Å². The fourth-order valence-electron chi connectivity index (χ4n) is 2.11. The molecule has 21 heavy (non-hydrogen) atoms. The number of methoxy groups -OCH3 is 1. The summed E-state index contributed by atoms with van der Waals surface area (Å²) < 4.78 is 4.92. The standard InChI is InChI=1S/C15H21N3O3/c1-21-10-4-9-17-13(19)15(6-7-15)14(20)18-11-12-5-2-3-8-16-12/h2-3,5,8H,4,6-7,9-11H2,1H3,(H,17,19)(H,18,20). The molecule has 0 spiro atoms. The highest BCUT2D eigenvalue weighted by Gasteiger charge is 2.56. The van der Waals surface area contributed by atoms with Gasteiger partial charge in [0, 0.05) is 26.5 Å². The molecule has 2 rings (SSSR count). The van der Waals surface area contributed by atoms with Crippen LogP contribution in [0.4, 0.5) is 0 Å². The number of amides is 2. The molecule has 0 atom stereocenters. The fraction of sp³-hybridized carbons (Fsp3) is 0.533. The molecule has 1 aromatic heterocycles. The van der Waals surface area contributed by atoms with Gasteiger partial charge < -0.3 is 15.4 Å². The molecule has 0 bridgehead atoms. The summed E-state index contributed by atoms with van der Waals surface area (Å²) in [6, 6.07) is 5.52. The van der Waals surface area contributed by atoms with Crippen LogP contribution in [0.15, 0.2) is 24.4 Å². The lowest BCUT2D eigenvalue weighted by atomic mass is 10.1. The van der Waals surface area contributed by atoms with Crippen LogP contribution in [0.1, 0.15) is 25.0 Å². The first kappa shape index (κ1) is 15.4. The molecule has 1 fully saturated rings. The Balaban J connectivity index is 1.79. The third-order valence-corrected chi connectivity index (χ3v) is 3.59. The van der Waals surface area contributed by atoms with Gasteiger partial charge in [0.05, 0.1) is 12.2 Å². The molecule has 2 amide bonds. The van der Waals surface area contributed by atoms with Crippen molar-refractivity contribution < 1.29 is 14.3 Å². The average molecular weight is 291 g/mol. The second-order valence-electron chi connectivity index (χ2n) is 5.19. The maximum atomic E-state index is 12.2. The SMILES string of the molecule is COCCCNC(=O)C1(C(=O)NCc2ccccn2)CC1. The monoisotopic (exact) mass is 291 g/mol. The van der Waals surface area contributed by atoms with Gasteiger partial charge in [-0.3, -0.25) is 14.6 Å². The highest BCUT2D eigenvalue weighted by Crippen LogP contribution is 2.46. The second-order valence-corrected chi connectivity index (χ2v) is 5.19. The van der Waals surface area contributed by atoms with Crippen LogP contribution >= 0.6 is 0 Å². The summed E-state index contributed by atoms with van der Waals surface area (Å²) in [7, 11) is 1.62. The summed E-state index contributed by atoms with van der Waals surface area (Å²) in [4.78, 5) is 28.5. The van der Waals surface area contributed by atoms with Crippen molar-refractivity contribution in [3.63, 3.8) is 0 Å². The van der Waals surface area contributed by atoms with Gasteiger partial charge in [0.1, 0.15) is 5.41 Å². The van der Waals surface area contributed by atoms with Crippen LogP contribution in [0.3, 0.4) is 0 Å². The summed E-state index contributed by atoms with van der Waals surface area (Å²) in [6.07, 6.45) is 3.64. The number of aromatic nitrogens is 1. The van der Waals surface area contributed by atoms with Crippen molar-refractivity contribution in [2.24, 2.45) is 5.41 Å². The van der Waals surface area contributed by atoms with Crippen LogP contribution in [0.5, 0.6) is 0 Å². The minimum atomic E-state index is -0.873. The van der Waals surface area contributed by atoms with E-state index in [1.54, 1.807) is 13.3 Å². The van der Waals surface area contributed by atoms with E-state index >= 15 is 0 Å². The van der Waals surface area contributed by atoms with Gasteiger partial charge in [0.25, 0.3) is 0 Å². The zero-order chi connectivity index (χ0) is 15.1. The van der Waals surface area contributed by atoms with Crippen LogP contribution in [0.25, 0.3) is 0 Å². The molecule has 1 heterocycles. The van der Waals surface area contributed by atoms with E-state index in [1.807, 2.05) is 18.2 Å². The molecular formula is C15H21N3O3. The molecule has 2 N–H and O–H groups in total. The molecule has 1 aromatic rings. The van der Waals surface area contributed by atoms with E-state index in [4.69, 9.17) is 4.74 Å². The van der Waals surface area contributed by atoms with E-state index in [0.717, 1.165) is 12.1 Å². The van der Waals surface area contributed by atoms with Gasteiger partial charge in [-0.2, -0.15) is 0 Å². The number of carbonyl (C=O) groups is 2. The van der Waals surface area contributed by atoms with E-state index in [9.17, 15) is 9.59 Å². The first-order valence-electron chi connectivity index (χ1n) is 7.14. The van der Waals surface area contributed by atoms with E-state index < -0.39 is 5.41 Å². The van der Waals surface area contributed by atoms with Gasteiger partial charge in [-0.25, -0.2) is 0 Å². The topological polar surface area (TPSA) is 80.3 Å². The Morgan fingerprint density at radius 3 is 2.67 bits per heavy atom. The predicted octanol–water partition coefficient (Wildman–Crippen LogP) is 0.631. The fourth-order valence-corrected chi connectivity index (χ4v) is 2.11. The third-order valence-electron chi connectivity index (χ3n) is 3.59. The number of rotatable bonds is 8. The van der Waals surface area contributed by atoms with E-state index in [2.05, 4.69) is 15.6 Å². The number of hydrogen-bond donors (Lipinski definition) is 2. The normalized spacial score (nSPS) is 15.3. The van der Waals surface area contributed by atoms with Gasteiger partial charge in [-0.15, -0.1) is 0 Å². The summed E-state index contributed by atoms with van der Waals surface area (Å²) in [5.41, 5.74) is -0.0934. The number of carbonyl (C=O) groups excluding carboxylic acids is 2. The van der Waals surface area contributed by atoms with E-state index in [0.29, 0.717) is 32.5 Å². The van der Waals surface area contributed by atoms with Crippen LogP contribution in [-0.4, -0.2) is 37.1 Å². The summed E-state index contributed by atoms with van der Waals surface area (Å²) in [5, 5.41) is 5.60. The average Bonchev–Trinajstić information content (AvgIpc) is 3.32. The quantitative estimate of drug-likeness (QED) is 0.544. The molecule has 0 aliphatic heterocycles. The number of hydrogen-bond acceptors (Lipinski definition) is 4. The Morgan fingerprint density at radius 1 is 1.29 bits per heavy atom. The smallest absolute Gasteiger partial charge is 0.236 e. The Bertz CT molecular complexity index is 486. The van der Waals surface area contributed by atoms with Crippen molar-refractivity contribution in [1.82, 2.24) is 15.6 Å². The lowest BCUT2D eigenvalue weighted by molar-refractivity contribution is -0.137. The van der Waals surface area contributed by atoms with Crippen molar-refractivity contribution in [2.45, 2.75) is 25.8 Å². The van der Waals surface area contributed by atoms with Gasteiger partial charge in [-0.05, 0) is 31.4 Å². The van der Waals surface area contributed by atoms with Crippen molar-refractivity contribution >= 4 is 11.8 Å². The summed E-state index contributed by atoms with van der Waals surface area (Å²) >= 11 is 0. The van der Waals surface area contributed by atoms with Crippen LogP contribution < -0.4 is 10.6 Å². The number of nitrogens with zero attached hydrogens (tertiary/aromatic N) is 1. The highest BCUT2D eigenvalue weighted by atomic mass is 16.5. The molecule has 0 radical (unpaired) electrons.